The molecular formula is C35H34F6N8O5. The smallest absolute Gasteiger partial charge is 0.403 e. The van der Waals surface area contributed by atoms with Crippen molar-refractivity contribution in [2.75, 3.05) is 33.3 Å². The number of carbonyl (C=O) groups is 3. The van der Waals surface area contributed by atoms with Crippen LogP contribution in [0.3, 0.4) is 0 Å². The molecule has 4 aliphatic rings. The molecule has 2 saturated heterocycles. The fourth-order valence-electron chi connectivity index (χ4n) is 7.88. The van der Waals surface area contributed by atoms with E-state index in [9.17, 15) is 40.7 Å². The molecule has 3 aromatic heterocycles. The van der Waals surface area contributed by atoms with Crippen molar-refractivity contribution >= 4 is 17.8 Å². The molecule has 4 aromatic rings. The van der Waals surface area contributed by atoms with E-state index < -0.39 is 58.3 Å². The Morgan fingerprint density at radius 1 is 0.981 bits per heavy atom. The number of halogens is 6. The van der Waals surface area contributed by atoms with Gasteiger partial charge >= 0.3 is 18.3 Å². The molecule has 286 valence electrons. The van der Waals surface area contributed by atoms with Gasteiger partial charge in [-0.05, 0) is 50.3 Å². The monoisotopic (exact) mass is 760 g/mol. The highest BCUT2D eigenvalue weighted by Gasteiger charge is 2.72. The van der Waals surface area contributed by atoms with E-state index >= 15 is 0 Å². The van der Waals surface area contributed by atoms with E-state index in [4.69, 9.17) is 9.26 Å². The van der Waals surface area contributed by atoms with E-state index in [1.54, 1.807) is 31.2 Å². The summed E-state index contributed by atoms with van der Waals surface area (Å²) in [5.41, 5.74) is -4.23. The normalized spacial score (nSPS) is 21.5. The predicted molar refractivity (Wildman–Crippen MR) is 172 cm³/mol. The summed E-state index contributed by atoms with van der Waals surface area (Å²) in [7, 11) is 1.27. The van der Waals surface area contributed by atoms with Crippen molar-refractivity contribution in [2.24, 2.45) is 10.8 Å². The van der Waals surface area contributed by atoms with Crippen LogP contribution in [0.5, 0.6) is 0 Å². The largest absolute Gasteiger partial charge is 0.465 e. The molecular weight excluding hydrogens is 726 g/mol. The van der Waals surface area contributed by atoms with Crippen LogP contribution in [0.25, 0.3) is 0 Å². The summed E-state index contributed by atoms with van der Waals surface area (Å²) < 4.78 is 96.0. The van der Waals surface area contributed by atoms with Crippen LogP contribution in [-0.4, -0.2) is 103 Å². The third-order valence-corrected chi connectivity index (χ3v) is 11.5. The van der Waals surface area contributed by atoms with Crippen molar-refractivity contribution in [3.63, 3.8) is 0 Å². The average molecular weight is 761 g/mol. The molecule has 13 nitrogen and oxygen atoms in total. The van der Waals surface area contributed by atoms with E-state index in [0.717, 1.165) is 0 Å². The lowest BCUT2D eigenvalue weighted by atomic mass is 9.70. The second-order valence-corrected chi connectivity index (χ2v) is 14.8. The second kappa shape index (κ2) is 12.1. The molecule has 2 atom stereocenters. The van der Waals surface area contributed by atoms with Crippen LogP contribution < -0.4 is 0 Å². The summed E-state index contributed by atoms with van der Waals surface area (Å²) in [6, 6.07) is 7.34. The highest BCUT2D eigenvalue weighted by molar-refractivity contribution is 5.94. The van der Waals surface area contributed by atoms with Gasteiger partial charge in [0.2, 0.25) is 5.91 Å². The van der Waals surface area contributed by atoms with Crippen LogP contribution in [-0.2, 0) is 21.5 Å². The van der Waals surface area contributed by atoms with Gasteiger partial charge in [0.25, 0.3) is 11.8 Å². The number of likely N-dealkylation sites (tertiary alicyclic amines) is 2. The van der Waals surface area contributed by atoms with Gasteiger partial charge in [0.1, 0.15) is 16.9 Å². The average Bonchev–Trinajstić information content (AvgIpc) is 3.83. The van der Waals surface area contributed by atoms with Crippen molar-refractivity contribution < 1.29 is 50.0 Å². The minimum absolute atomic E-state index is 0.0335. The van der Waals surface area contributed by atoms with Crippen LogP contribution >= 0.6 is 0 Å². The van der Waals surface area contributed by atoms with Crippen LogP contribution in [0.4, 0.5) is 26.3 Å². The number of hydrogen-bond acceptors (Lipinski definition) is 9. The van der Waals surface area contributed by atoms with Gasteiger partial charge in [-0.3, -0.25) is 19.0 Å². The Morgan fingerprint density at radius 2 is 1.69 bits per heavy atom. The Labute approximate surface area is 303 Å². The summed E-state index contributed by atoms with van der Waals surface area (Å²) in [4.78, 5) is 46.6. The van der Waals surface area contributed by atoms with E-state index in [0.29, 0.717) is 11.1 Å². The SMILES string of the molecule is COC(=O)c1ccccc1Cn1cc(C(=O)N2CC(c3noc(C(C)n4ccc(C5(C(F)(F)F)CC5)n4)n3)C3(C2)CN(C(=O)C2(C(F)(F)F)CC2)C3)cn1. The number of hydrogen-bond donors (Lipinski definition) is 0. The zero-order valence-corrected chi connectivity index (χ0v) is 29.0. The maximum absolute atomic E-state index is 13.9. The van der Waals surface area contributed by atoms with Crippen LogP contribution in [0, 0.1) is 10.8 Å². The van der Waals surface area contributed by atoms with E-state index in [1.807, 2.05) is 0 Å². The molecule has 19 heteroatoms. The zero-order valence-electron chi connectivity index (χ0n) is 29.0. The third-order valence-electron chi connectivity index (χ3n) is 11.5. The number of ether oxygens (including phenoxy) is 1. The lowest BCUT2D eigenvalue weighted by molar-refractivity contribution is -0.204. The van der Waals surface area contributed by atoms with Crippen molar-refractivity contribution in [1.29, 1.82) is 0 Å². The van der Waals surface area contributed by atoms with Gasteiger partial charge in [-0.25, -0.2) is 4.79 Å². The molecule has 2 amide bonds. The Kier molecular flexibility index (Phi) is 8.05. The number of methoxy groups -OCH3 is 1. The summed E-state index contributed by atoms with van der Waals surface area (Å²) in [6.07, 6.45) is -5.52. The Hall–Kier alpha value is -5.23. The van der Waals surface area contributed by atoms with Crippen molar-refractivity contribution in [3.05, 3.63) is 83.0 Å². The number of aromatic nitrogens is 6. The van der Waals surface area contributed by atoms with Gasteiger partial charge in [0.15, 0.2) is 5.82 Å². The second-order valence-electron chi connectivity index (χ2n) is 14.8. The molecule has 2 aliphatic heterocycles. The lowest BCUT2D eigenvalue weighted by Crippen LogP contribution is -2.64. The van der Waals surface area contributed by atoms with Gasteiger partial charge in [0.05, 0.1) is 42.6 Å². The van der Waals surface area contributed by atoms with Crippen molar-refractivity contribution in [2.45, 2.75) is 68.9 Å². The van der Waals surface area contributed by atoms with Gasteiger partial charge in [0, 0.05) is 44.0 Å². The molecule has 4 fully saturated rings. The Balaban J connectivity index is 1.03. The molecule has 2 aliphatic carbocycles. The molecule has 1 spiro atoms. The minimum Gasteiger partial charge on any atom is -0.465 e. The number of nitrogens with zero attached hydrogens (tertiary/aromatic N) is 8. The molecule has 0 bridgehead atoms. The number of benzene rings is 1. The molecule has 0 radical (unpaired) electrons. The zero-order chi connectivity index (χ0) is 38.4. The molecule has 2 unspecified atom stereocenters. The van der Waals surface area contributed by atoms with Crippen LogP contribution in [0.1, 0.15) is 88.3 Å². The molecule has 8 rings (SSSR count). The Morgan fingerprint density at radius 3 is 2.33 bits per heavy atom. The van der Waals surface area contributed by atoms with Gasteiger partial charge < -0.3 is 19.1 Å². The third kappa shape index (κ3) is 5.64. The van der Waals surface area contributed by atoms with Crippen LogP contribution in [0.15, 0.2) is 53.4 Å². The first-order valence-electron chi connectivity index (χ1n) is 17.3. The summed E-state index contributed by atoms with van der Waals surface area (Å²) in [6.45, 7) is 1.72. The topological polar surface area (TPSA) is 141 Å². The number of esters is 1. The van der Waals surface area contributed by atoms with Crippen molar-refractivity contribution in [3.8, 4) is 0 Å². The standard InChI is InChI=1S/C35H34F6N8O5/c1-20(49-12-7-25(44-49)32(8-9-32)34(36,37)38)27-43-26(45-54-27)24-16-46(17-31(24)18-47(19-31)30(52)33(10-11-33)35(39,40)41)28(50)22-13-42-48(15-22)14-21-5-3-4-6-23(21)29(51)53-2/h3-7,12-13,15,20,24H,8-11,14,16-19H2,1-2H3. The number of rotatable bonds is 9. The summed E-state index contributed by atoms with van der Waals surface area (Å²) >= 11 is 0. The first-order chi connectivity index (χ1) is 25.5. The molecule has 54 heavy (non-hydrogen) atoms. The van der Waals surface area contributed by atoms with Gasteiger partial charge in [-0.15, -0.1) is 0 Å². The number of carbonyl (C=O) groups excluding carboxylic acids is 3. The van der Waals surface area contributed by atoms with E-state index in [1.165, 1.54) is 50.9 Å². The summed E-state index contributed by atoms with van der Waals surface area (Å²) in [5.74, 6) is -2.44. The maximum Gasteiger partial charge on any atom is 0.403 e. The first-order valence-corrected chi connectivity index (χ1v) is 17.3. The highest BCUT2D eigenvalue weighted by Crippen LogP contribution is 2.61. The van der Waals surface area contributed by atoms with Crippen molar-refractivity contribution in [1.82, 2.24) is 39.5 Å². The Bertz CT molecular complexity index is 2120. The first kappa shape index (κ1) is 35.8. The number of amides is 2. The van der Waals surface area contributed by atoms with E-state index in [2.05, 4.69) is 20.3 Å². The van der Waals surface area contributed by atoms with Gasteiger partial charge in [-0.1, -0.05) is 23.4 Å². The van der Waals surface area contributed by atoms with E-state index in [-0.39, 0.29) is 81.4 Å². The fourth-order valence-corrected chi connectivity index (χ4v) is 7.88. The van der Waals surface area contributed by atoms with Crippen LogP contribution in [0.2, 0.25) is 0 Å². The molecule has 1 aromatic carbocycles. The fraction of sp³-hybridized carbons (Fsp3) is 0.514. The molecule has 5 heterocycles. The molecule has 2 saturated carbocycles. The predicted octanol–water partition coefficient (Wildman–Crippen LogP) is 4.91. The lowest BCUT2D eigenvalue weighted by Gasteiger charge is -2.51. The van der Waals surface area contributed by atoms with Gasteiger partial charge in [-0.2, -0.15) is 41.5 Å². The highest BCUT2D eigenvalue weighted by atomic mass is 19.4. The quantitative estimate of drug-likeness (QED) is 0.172. The maximum atomic E-state index is 13.9. The summed E-state index contributed by atoms with van der Waals surface area (Å²) in [5, 5.41) is 12.7. The minimum atomic E-state index is -4.69. The number of alkyl halides is 6. The molecule has 0 N–H and O–H groups in total.